The van der Waals surface area contributed by atoms with Gasteiger partial charge in [-0.05, 0) is 165 Å². The Hall–Kier alpha value is -3.34. The van der Waals surface area contributed by atoms with Gasteiger partial charge in [-0.2, -0.15) is 0 Å². The van der Waals surface area contributed by atoms with Gasteiger partial charge >= 0.3 is 11.9 Å². The number of hydrogen-bond acceptors (Lipinski definition) is 5. The molecule has 0 aromatic heterocycles. The summed E-state index contributed by atoms with van der Waals surface area (Å²) in [5, 5.41) is 0. The van der Waals surface area contributed by atoms with Crippen LogP contribution >= 0.6 is 0 Å². The Morgan fingerprint density at radius 1 is 0.769 bits per heavy atom. The molecule has 0 aliphatic heterocycles. The van der Waals surface area contributed by atoms with Gasteiger partial charge in [0.1, 0.15) is 18.0 Å². The van der Waals surface area contributed by atoms with Gasteiger partial charge in [0.15, 0.2) is 0 Å². The van der Waals surface area contributed by atoms with Crippen molar-refractivity contribution in [3.63, 3.8) is 0 Å². The summed E-state index contributed by atoms with van der Waals surface area (Å²) >= 11 is 0. The molecule has 7 aliphatic rings. The van der Waals surface area contributed by atoms with Crippen LogP contribution in [0.15, 0.2) is 72.0 Å². The zero-order valence-electron chi connectivity index (χ0n) is 31.8. The van der Waals surface area contributed by atoms with E-state index in [1.54, 1.807) is 12.1 Å². The second-order valence-corrected chi connectivity index (χ2v) is 18.5. The predicted molar refractivity (Wildman–Crippen MR) is 203 cm³/mol. The van der Waals surface area contributed by atoms with Gasteiger partial charge in [0.2, 0.25) is 0 Å². The first-order chi connectivity index (χ1) is 25.1. The zero-order valence-corrected chi connectivity index (χ0v) is 31.8. The van der Waals surface area contributed by atoms with Crippen LogP contribution in [-0.4, -0.2) is 24.1 Å². The molecule has 276 valence electrons. The quantitative estimate of drug-likeness (QED) is 0.221. The molecule has 7 aliphatic carbocycles. The van der Waals surface area contributed by atoms with Crippen molar-refractivity contribution in [3.8, 4) is 5.75 Å². The largest absolute Gasteiger partial charge is 0.494 e. The Morgan fingerprint density at radius 3 is 2.33 bits per heavy atom. The van der Waals surface area contributed by atoms with Gasteiger partial charge in [0.25, 0.3) is 0 Å². The molecule has 0 radical (unpaired) electrons. The van der Waals surface area contributed by atoms with E-state index in [1.807, 2.05) is 31.2 Å². The maximum atomic E-state index is 12.7. The molecular formula is C47H58O5. The van der Waals surface area contributed by atoms with Crippen LogP contribution in [-0.2, 0) is 20.7 Å². The third kappa shape index (κ3) is 5.45. The van der Waals surface area contributed by atoms with E-state index in [2.05, 4.69) is 45.1 Å². The molecule has 9 rings (SSSR count). The van der Waals surface area contributed by atoms with Crippen molar-refractivity contribution in [2.45, 2.75) is 136 Å². The van der Waals surface area contributed by atoms with Crippen LogP contribution in [0.4, 0.5) is 0 Å². The molecule has 11 atom stereocenters. The van der Waals surface area contributed by atoms with E-state index in [-0.39, 0.29) is 34.3 Å². The number of carbonyl (C=O) groups is 2. The molecule has 0 heterocycles. The van der Waals surface area contributed by atoms with Crippen molar-refractivity contribution in [1.29, 1.82) is 0 Å². The molecule has 0 spiro atoms. The Labute approximate surface area is 311 Å². The maximum Gasteiger partial charge on any atom is 0.343 e. The molecule has 0 amide bonds. The number of aryl methyl sites for hydroxylation is 1. The molecule has 4 fully saturated rings. The highest BCUT2D eigenvalue weighted by Gasteiger charge is 2.60. The minimum Gasteiger partial charge on any atom is -0.494 e. The highest BCUT2D eigenvalue weighted by atomic mass is 16.5. The van der Waals surface area contributed by atoms with E-state index >= 15 is 0 Å². The Bertz CT molecular complexity index is 1790. The summed E-state index contributed by atoms with van der Waals surface area (Å²) in [5.41, 5.74) is 5.52. The van der Waals surface area contributed by atoms with Crippen molar-refractivity contribution in [2.24, 2.45) is 45.8 Å². The molecule has 0 unspecified atom stereocenters. The van der Waals surface area contributed by atoms with Gasteiger partial charge in [0, 0.05) is 23.7 Å². The lowest BCUT2D eigenvalue weighted by atomic mass is 9.48. The predicted octanol–water partition coefficient (Wildman–Crippen LogP) is 10.9. The second kappa shape index (κ2) is 12.9. The molecule has 4 saturated carbocycles. The highest BCUT2D eigenvalue weighted by molar-refractivity contribution is 5.91. The Balaban J connectivity index is 0.870. The average molecular weight is 703 g/mol. The average Bonchev–Trinajstić information content (AvgIpc) is 3.67. The number of benzene rings is 2. The third-order valence-electron chi connectivity index (χ3n) is 16.3. The fraction of sp³-hybridized carbons (Fsp3) is 0.617. The van der Waals surface area contributed by atoms with Crippen molar-refractivity contribution >= 4 is 11.9 Å². The lowest BCUT2D eigenvalue weighted by molar-refractivity contribution is -0.158. The summed E-state index contributed by atoms with van der Waals surface area (Å²) in [7, 11) is 0. The van der Waals surface area contributed by atoms with Crippen LogP contribution in [0.3, 0.4) is 0 Å². The van der Waals surface area contributed by atoms with Crippen LogP contribution < -0.4 is 4.74 Å². The van der Waals surface area contributed by atoms with Gasteiger partial charge in [-0.1, -0.05) is 58.0 Å². The van der Waals surface area contributed by atoms with Crippen molar-refractivity contribution in [3.05, 3.63) is 88.7 Å². The number of carbonyl (C=O) groups excluding carboxylic acids is 2. The summed E-state index contributed by atoms with van der Waals surface area (Å²) in [4.78, 5) is 25.0. The van der Waals surface area contributed by atoms with Crippen LogP contribution in [0, 0.1) is 45.8 Å². The lowest BCUT2D eigenvalue weighted by Crippen LogP contribution is -2.50. The number of hydrogen-bond donors (Lipinski definition) is 0. The number of esters is 2. The Morgan fingerprint density at radius 2 is 1.52 bits per heavy atom. The van der Waals surface area contributed by atoms with Crippen LogP contribution in [0.2, 0.25) is 0 Å². The number of ether oxygens (including phenoxy) is 3. The standard InChI is InChI=1S/C47H58O5/c1-5-43(48)52-42-20-18-39-37-15-12-31-28-33(21-24-45(31,2)40(37)23-26-47(39,42)4)50-41-19-17-38-36-14-11-30-27-32(51-44(49)29-9-7-6-8-10-29)13-16-34(30)35(36)22-25-46(38,41)3/h6-10,12-13,16,27-28,35-42H,5,11,14-15,17-26H2,1-4H3/t35-,36-,37+,38+,39+,40+,41+,42+,45+,46+,47+/m1/s1. The fourth-order valence-corrected chi connectivity index (χ4v) is 13.5. The lowest BCUT2D eigenvalue weighted by Gasteiger charge is -2.56. The molecule has 2 aromatic carbocycles. The van der Waals surface area contributed by atoms with E-state index < -0.39 is 0 Å². The molecule has 5 heteroatoms. The summed E-state index contributed by atoms with van der Waals surface area (Å²) in [5.74, 6) is 5.57. The van der Waals surface area contributed by atoms with Crippen LogP contribution in [0.1, 0.15) is 139 Å². The van der Waals surface area contributed by atoms with Crippen molar-refractivity contribution in [1.82, 2.24) is 0 Å². The molecule has 0 saturated heterocycles. The molecule has 2 aromatic rings. The smallest absolute Gasteiger partial charge is 0.343 e. The van der Waals surface area contributed by atoms with Crippen molar-refractivity contribution < 1.29 is 23.8 Å². The maximum absolute atomic E-state index is 12.7. The number of allylic oxidation sites excluding steroid dienone is 4. The monoisotopic (exact) mass is 702 g/mol. The molecular weight excluding hydrogens is 645 g/mol. The summed E-state index contributed by atoms with van der Waals surface area (Å²) in [6.45, 7) is 9.45. The van der Waals surface area contributed by atoms with E-state index in [0.717, 1.165) is 32.1 Å². The summed E-state index contributed by atoms with van der Waals surface area (Å²) in [6.07, 6.45) is 21.0. The van der Waals surface area contributed by atoms with Crippen LogP contribution in [0.25, 0.3) is 0 Å². The Kier molecular flexibility index (Phi) is 8.55. The van der Waals surface area contributed by atoms with Gasteiger partial charge in [-0.15, -0.1) is 0 Å². The minimum absolute atomic E-state index is 0.0321. The molecule has 0 bridgehead atoms. The fourth-order valence-electron chi connectivity index (χ4n) is 13.5. The van der Waals surface area contributed by atoms with Gasteiger partial charge in [-0.3, -0.25) is 4.79 Å². The second-order valence-electron chi connectivity index (χ2n) is 18.5. The van der Waals surface area contributed by atoms with E-state index in [0.29, 0.717) is 59.3 Å². The molecule has 0 N–H and O–H groups in total. The first-order valence-electron chi connectivity index (χ1n) is 20.8. The van der Waals surface area contributed by atoms with Gasteiger partial charge in [0.05, 0.1) is 11.3 Å². The van der Waals surface area contributed by atoms with Gasteiger partial charge < -0.3 is 14.2 Å². The normalized spacial score (nSPS) is 40.0. The first kappa shape index (κ1) is 34.4. The van der Waals surface area contributed by atoms with Crippen molar-refractivity contribution in [2.75, 3.05) is 0 Å². The zero-order chi connectivity index (χ0) is 35.8. The van der Waals surface area contributed by atoms with E-state index in [1.165, 1.54) is 73.8 Å². The van der Waals surface area contributed by atoms with Gasteiger partial charge in [-0.25, -0.2) is 4.79 Å². The number of rotatable bonds is 6. The molecule has 5 nitrogen and oxygen atoms in total. The minimum atomic E-state index is -0.294. The van der Waals surface area contributed by atoms with E-state index in [4.69, 9.17) is 14.2 Å². The highest BCUT2D eigenvalue weighted by Crippen LogP contribution is 2.66. The third-order valence-corrected chi connectivity index (χ3v) is 16.3. The first-order valence-corrected chi connectivity index (χ1v) is 20.8. The topological polar surface area (TPSA) is 61.8 Å². The van der Waals surface area contributed by atoms with Crippen LogP contribution in [0.5, 0.6) is 5.75 Å². The van der Waals surface area contributed by atoms with E-state index in [9.17, 15) is 9.59 Å². The summed E-state index contributed by atoms with van der Waals surface area (Å²) < 4.78 is 19.0. The molecule has 52 heavy (non-hydrogen) atoms. The summed E-state index contributed by atoms with van der Waals surface area (Å²) in [6, 6.07) is 15.7. The SMILES string of the molecule is CCC(=O)O[C@H]1CC[C@H]2[C@@H]3CC=C4C=C(O[C@H]5CC[C@H]6[C@@H]7CCc8cc(OC(=O)c9ccccc9)ccc8[C@H]7CC[C@]56C)CC[C@]4(C)[C@H]3CC[C@]12C. The number of fused-ring (bicyclic) bond motifs is 10.